The number of hydrogen-bond acceptors (Lipinski definition) is 1. The van der Waals surface area contributed by atoms with Crippen molar-refractivity contribution in [2.75, 3.05) is 0 Å². The Hall–Kier alpha value is -2.06. The van der Waals surface area contributed by atoms with Gasteiger partial charge in [0.2, 0.25) is 0 Å². The van der Waals surface area contributed by atoms with Gasteiger partial charge in [-0.25, -0.2) is 0 Å². The summed E-state index contributed by atoms with van der Waals surface area (Å²) in [7, 11) is 0. The van der Waals surface area contributed by atoms with E-state index in [2.05, 4.69) is 35.3 Å². The van der Waals surface area contributed by atoms with Crippen LogP contribution in [0.25, 0.3) is 10.9 Å². The molecule has 0 fully saturated rings. The zero-order chi connectivity index (χ0) is 12.2. The maximum atomic E-state index is 5.70. The van der Waals surface area contributed by atoms with E-state index in [1.165, 1.54) is 10.9 Å². The van der Waals surface area contributed by atoms with Gasteiger partial charge in [-0.05, 0) is 23.1 Å². The number of aromatic amines is 1. The molecule has 0 aliphatic heterocycles. The van der Waals surface area contributed by atoms with E-state index in [1.54, 1.807) is 0 Å². The zero-order valence-electron chi connectivity index (χ0n) is 10.1. The van der Waals surface area contributed by atoms with Crippen molar-refractivity contribution in [2.24, 2.45) is 0 Å². The van der Waals surface area contributed by atoms with Gasteiger partial charge in [-0.1, -0.05) is 48.5 Å². The predicted molar refractivity (Wildman–Crippen MR) is 73.2 cm³/mol. The molecule has 1 heterocycles. The van der Waals surface area contributed by atoms with Gasteiger partial charge in [0, 0.05) is 11.2 Å². The Bertz CT molecular complexity index is 595. The summed E-state index contributed by atoms with van der Waals surface area (Å²) in [6.45, 7) is 1.26. The van der Waals surface area contributed by atoms with Crippen LogP contribution in [0.15, 0.2) is 60.7 Å². The number of nitrogens with one attached hydrogen (secondary N) is 1. The lowest BCUT2D eigenvalue weighted by Crippen LogP contribution is -1.93. The van der Waals surface area contributed by atoms with E-state index in [0.29, 0.717) is 13.2 Å². The SMILES string of the molecule is c1ccc(COCc2cc3ccccc3[nH]2)cc1. The van der Waals surface area contributed by atoms with Crippen LogP contribution in [0.5, 0.6) is 0 Å². The first-order chi connectivity index (χ1) is 8.92. The van der Waals surface area contributed by atoms with Gasteiger partial charge in [-0.2, -0.15) is 0 Å². The third-order valence-electron chi connectivity index (χ3n) is 2.95. The second-order valence-electron chi connectivity index (χ2n) is 4.36. The third kappa shape index (κ3) is 2.44. The van der Waals surface area contributed by atoms with Crippen LogP contribution in [0.2, 0.25) is 0 Å². The average Bonchev–Trinajstić information content (AvgIpc) is 2.82. The van der Waals surface area contributed by atoms with E-state index >= 15 is 0 Å². The van der Waals surface area contributed by atoms with E-state index in [1.807, 2.05) is 30.3 Å². The standard InChI is InChI=1S/C16H15NO/c1-2-6-13(7-3-1)11-18-12-15-10-14-8-4-5-9-16(14)17-15/h1-10,17H,11-12H2. The molecule has 0 saturated carbocycles. The molecule has 0 amide bonds. The van der Waals surface area contributed by atoms with Crippen LogP contribution in [0.1, 0.15) is 11.3 Å². The third-order valence-corrected chi connectivity index (χ3v) is 2.95. The molecule has 90 valence electrons. The molecule has 1 N–H and O–H groups in total. The lowest BCUT2D eigenvalue weighted by molar-refractivity contribution is 0.105. The molecule has 0 atom stereocenters. The molecule has 2 nitrogen and oxygen atoms in total. The van der Waals surface area contributed by atoms with Gasteiger partial charge >= 0.3 is 0 Å². The fourth-order valence-corrected chi connectivity index (χ4v) is 2.06. The number of aromatic nitrogens is 1. The molecular formula is C16H15NO. The van der Waals surface area contributed by atoms with Crippen LogP contribution in [-0.4, -0.2) is 4.98 Å². The second kappa shape index (κ2) is 5.07. The Balaban J connectivity index is 1.63. The largest absolute Gasteiger partial charge is 0.371 e. The van der Waals surface area contributed by atoms with Crippen LogP contribution >= 0.6 is 0 Å². The molecule has 0 bridgehead atoms. The van der Waals surface area contributed by atoms with Crippen LogP contribution in [0.3, 0.4) is 0 Å². The Labute approximate surface area is 106 Å². The van der Waals surface area contributed by atoms with Gasteiger partial charge in [0.15, 0.2) is 0 Å². The zero-order valence-corrected chi connectivity index (χ0v) is 10.1. The molecule has 0 unspecified atom stereocenters. The van der Waals surface area contributed by atoms with Crippen molar-refractivity contribution in [2.45, 2.75) is 13.2 Å². The van der Waals surface area contributed by atoms with Gasteiger partial charge in [0.05, 0.1) is 13.2 Å². The minimum absolute atomic E-state index is 0.615. The predicted octanol–water partition coefficient (Wildman–Crippen LogP) is 3.88. The second-order valence-corrected chi connectivity index (χ2v) is 4.36. The Morgan fingerprint density at radius 1 is 0.833 bits per heavy atom. The smallest absolute Gasteiger partial charge is 0.0870 e. The number of fused-ring (bicyclic) bond motifs is 1. The Morgan fingerprint density at radius 2 is 1.61 bits per heavy atom. The first kappa shape index (κ1) is 11.1. The minimum Gasteiger partial charge on any atom is -0.371 e. The summed E-state index contributed by atoms with van der Waals surface area (Å²) in [6.07, 6.45) is 0. The average molecular weight is 237 g/mol. The number of rotatable bonds is 4. The van der Waals surface area contributed by atoms with E-state index in [9.17, 15) is 0 Å². The number of hydrogen-bond donors (Lipinski definition) is 1. The first-order valence-corrected chi connectivity index (χ1v) is 6.10. The fourth-order valence-electron chi connectivity index (χ4n) is 2.06. The highest BCUT2D eigenvalue weighted by Gasteiger charge is 2.00. The fraction of sp³-hybridized carbons (Fsp3) is 0.125. The molecular weight excluding hydrogens is 222 g/mol. The number of ether oxygens (including phenoxy) is 1. The molecule has 0 radical (unpaired) electrons. The Morgan fingerprint density at radius 3 is 2.44 bits per heavy atom. The van der Waals surface area contributed by atoms with E-state index in [0.717, 1.165) is 11.2 Å². The highest BCUT2D eigenvalue weighted by Crippen LogP contribution is 2.15. The van der Waals surface area contributed by atoms with Crippen LogP contribution in [0.4, 0.5) is 0 Å². The topological polar surface area (TPSA) is 25.0 Å². The summed E-state index contributed by atoms with van der Waals surface area (Å²) >= 11 is 0. The lowest BCUT2D eigenvalue weighted by Gasteiger charge is -2.02. The van der Waals surface area contributed by atoms with Crippen molar-refractivity contribution in [3.8, 4) is 0 Å². The van der Waals surface area contributed by atoms with Crippen molar-refractivity contribution in [3.05, 3.63) is 71.9 Å². The van der Waals surface area contributed by atoms with E-state index in [-0.39, 0.29) is 0 Å². The minimum atomic E-state index is 0.615. The summed E-state index contributed by atoms with van der Waals surface area (Å²) in [5, 5.41) is 1.23. The summed E-state index contributed by atoms with van der Waals surface area (Å²) in [5.41, 5.74) is 3.48. The van der Waals surface area contributed by atoms with Crippen molar-refractivity contribution in [3.63, 3.8) is 0 Å². The maximum Gasteiger partial charge on any atom is 0.0870 e. The van der Waals surface area contributed by atoms with E-state index in [4.69, 9.17) is 4.74 Å². The van der Waals surface area contributed by atoms with Crippen LogP contribution in [0, 0.1) is 0 Å². The van der Waals surface area contributed by atoms with E-state index < -0.39 is 0 Å². The first-order valence-electron chi connectivity index (χ1n) is 6.10. The quantitative estimate of drug-likeness (QED) is 0.731. The number of benzene rings is 2. The summed E-state index contributed by atoms with van der Waals surface area (Å²) in [6, 6.07) is 20.6. The molecule has 3 aromatic rings. The number of H-pyrrole nitrogens is 1. The van der Waals surface area contributed by atoms with Gasteiger partial charge in [0.1, 0.15) is 0 Å². The molecule has 0 saturated heterocycles. The lowest BCUT2D eigenvalue weighted by atomic mass is 10.2. The summed E-state index contributed by atoms with van der Waals surface area (Å²) in [4.78, 5) is 3.36. The van der Waals surface area contributed by atoms with Crippen LogP contribution in [-0.2, 0) is 18.0 Å². The summed E-state index contributed by atoms with van der Waals surface area (Å²) in [5.74, 6) is 0. The monoisotopic (exact) mass is 237 g/mol. The van der Waals surface area contributed by atoms with Crippen LogP contribution < -0.4 is 0 Å². The molecule has 2 heteroatoms. The molecule has 2 aromatic carbocycles. The highest BCUT2D eigenvalue weighted by atomic mass is 16.5. The van der Waals surface area contributed by atoms with Crippen molar-refractivity contribution in [1.82, 2.24) is 4.98 Å². The normalized spacial score (nSPS) is 10.9. The maximum absolute atomic E-state index is 5.70. The van der Waals surface area contributed by atoms with Crippen molar-refractivity contribution in [1.29, 1.82) is 0 Å². The summed E-state index contributed by atoms with van der Waals surface area (Å²) < 4.78 is 5.70. The van der Waals surface area contributed by atoms with Crippen molar-refractivity contribution >= 4 is 10.9 Å². The molecule has 1 aromatic heterocycles. The molecule has 18 heavy (non-hydrogen) atoms. The molecule has 0 aliphatic carbocycles. The van der Waals surface area contributed by atoms with Gasteiger partial charge in [-0.3, -0.25) is 0 Å². The Kier molecular flexibility index (Phi) is 3.11. The molecule has 3 rings (SSSR count). The number of para-hydroxylation sites is 1. The van der Waals surface area contributed by atoms with Gasteiger partial charge in [0.25, 0.3) is 0 Å². The molecule has 0 spiro atoms. The highest BCUT2D eigenvalue weighted by molar-refractivity contribution is 5.80. The van der Waals surface area contributed by atoms with Gasteiger partial charge < -0.3 is 9.72 Å². The van der Waals surface area contributed by atoms with Crippen molar-refractivity contribution < 1.29 is 4.74 Å². The molecule has 0 aliphatic rings. The van der Waals surface area contributed by atoms with Gasteiger partial charge in [-0.15, -0.1) is 0 Å².